The second-order valence-corrected chi connectivity index (χ2v) is 8.44. The molecular formula is C22H31N3O3. The largest absolute Gasteiger partial charge is 0.495 e. The molecule has 6 heteroatoms. The number of nitrogens with zero attached hydrogens (tertiary/aromatic N) is 3. The highest BCUT2D eigenvalue weighted by Gasteiger charge is 2.51. The molecule has 1 aliphatic carbocycles. The van der Waals surface area contributed by atoms with Gasteiger partial charge in [-0.2, -0.15) is 0 Å². The van der Waals surface area contributed by atoms with Crippen molar-refractivity contribution >= 4 is 17.5 Å². The second-order valence-electron chi connectivity index (χ2n) is 8.44. The number of ether oxygens (including phenoxy) is 1. The quantitative estimate of drug-likeness (QED) is 0.798. The van der Waals surface area contributed by atoms with Gasteiger partial charge in [0.1, 0.15) is 5.75 Å². The minimum Gasteiger partial charge on any atom is -0.495 e. The molecule has 0 aromatic heterocycles. The zero-order valence-corrected chi connectivity index (χ0v) is 17.0. The van der Waals surface area contributed by atoms with Crippen molar-refractivity contribution in [3.05, 3.63) is 24.3 Å². The van der Waals surface area contributed by atoms with Crippen molar-refractivity contribution in [2.45, 2.75) is 26.2 Å². The van der Waals surface area contributed by atoms with E-state index in [1.54, 1.807) is 7.11 Å². The van der Waals surface area contributed by atoms with Gasteiger partial charge in [-0.3, -0.25) is 9.59 Å². The van der Waals surface area contributed by atoms with E-state index in [1.165, 1.54) is 0 Å². The van der Waals surface area contributed by atoms with Crippen molar-refractivity contribution in [2.24, 2.45) is 17.8 Å². The fourth-order valence-corrected chi connectivity index (χ4v) is 4.50. The molecule has 2 heterocycles. The fraction of sp³-hybridized carbons (Fsp3) is 0.636. The predicted octanol–water partition coefficient (Wildman–Crippen LogP) is 2.24. The molecule has 2 unspecified atom stereocenters. The first kappa shape index (κ1) is 19.1. The van der Waals surface area contributed by atoms with Gasteiger partial charge in [0.05, 0.1) is 24.6 Å². The van der Waals surface area contributed by atoms with Crippen LogP contribution in [0.25, 0.3) is 0 Å². The molecule has 2 atom stereocenters. The zero-order chi connectivity index (χ0) is 19.7. The third kappa shape index (κ3) is 3.82. The molecule has 4 rings (SSSR count). The molecule has 2 aliphatic heterocycles. The van der Waals surface area contributed by atoms with Gasteiger partial charge in [-0.1, -0.05) is 19.1 Å². The number of para-hydroxylation sites is 2. The van der Waals surface area contributed by atoms with E-state index in [-0.39, 0.29) is 23.7 Å². The third-order valence-corrected chi connectivity index (χ3v) is 6.54. The van der Waals surface area contributed by atoms with Crippen LogP contribution in [0.4, 0.5) is 5.69 Å². The Morgan fingerprint density at radius 1 is 0.893 bits per heavy atom. The lowest BCUT2D eigenvalue weighted by molar-refractivity contribution is -0.138. The number of amides is 2. The third-order valence-electron chi connectivity index (χ3n) is 6.54. The molecule has 0 N–H and O–H groups in total. The number of carbonyl (C=O) groups excluding carboxylic acids is 2. The Labute approximate surface area is 167 Å². The van der Waals surface area contributed by atoms with Gasteiger partial charge in [0.15, 0.2) is 0 Å². The average molecular weight is 386 g/mol. The van der Waals surface area contributed by atoms with Gasteiger partial charge in [0, 0.05) is 39.3 Å². The summed E-state index contributed by atoms with van der Waals surface area (Å²) in [7, 11) is 1.69. The highest BCUT2D eigenvalue weighted by Crippen LogP contribution is 2.42. The lowest BCUT2D eigenvalue weighted by Gasteiger charge is -2.37. The minimum atomic E-state index is -0.0929. The van der Waals surface area contributed by atoms with Crippen LogP contribution >= 0.6 is 0 Å². The maximum Gasteiger partial charge on any atom is 0.226 e. The monoisotopic (exact) mass is 385 g/mol. The standard InChI is InChI=1S/C22H31N3O3/c1-16-7-9-24(10-8-16)21(26)17-15-18(17)22(27)25-13-11-23(12-14-25)19-5-3-4-6-20(19)28-2/h3-6,16-18H,7-15H2,1-2H3. The van der Waals surface area contributed by atoms with Crippen molar-refractivity contribution in [3.8, 4) is 5.75 Å². The van der Waals surface area contributed by atoms with E-state index in [2.05, 4.69) is 17.9 Å². The molecule has 6 nitrogen and oxygen atoms in total. The van der Waals surface area contributed by atoms with Crippen LogP contribution in [0.1, 0.15) is 26.2 Å². The molecule has 0 radical (unpaired) electrons. The van der Waals surface area contributed by atoms with Crippen molar-refractivity contribution in [1.29, 1.82) is 0 Å². The molecule has 0 bridgehead atoms. The number of rotatable bonds is 4. The Hall–Kier alpha value is -2.24. The topological polar surface area (TPSA) is 53.1 Å². The van der Waals surface area contributed by atoms with Gasteiger partial charge in [-0.05, 0) is 37.3 Å². The number of methoxy groups -OCH3 is 1. The Morgan fingerprint density at radius 2 is 1.46 bits per heavy atom. The normalized spacial score (nSPS) is 25.6. The number of piperazine rings is 1. The summed E-state index contributed by atoms with van der Waals surface area (Å²) in [5, 5.41) is 0. The van der Waals surface area contributed by atoms with Gasteiger partial charge in [-0.15, -0.1) is 0 Å². The van der Waals surface area contributed by atoms with E-state index >= 15 is 0 Å². The van der Waals surface area contributed by atoms with Gasteiger partial charge in [0.2, 0.25) is 11.8 Å². The van der Waals surface area contributed by atoms with Crippen LogP contribution in [0, 0.1) is 17.8 Å². The zero-order valence-electron chi connectivity index (χ0n) is 17.0. The smallest absolute Gasteiger partial charge is 0.226 e. The summed E-state index contributed by atoms with van der Waals surface area (Å²) in [5.41, 5.74) is 1.08. The van der Waals surface area contributed by atoms with Crippen LogP contribution in [0.5, 0.6) is 5.75 Å². The van der Waals surface area contributed by atoms with Gasteiger partial charge in [-0.25, -0.2) is 0 Å². The molecule has 152 valence electrons. The SMILES string of the molecule is COc1ccccc1N1CCN(C(=O)C2CC2C(=O)N2CCC(C)CC2)CC1. The van der Waals surface area contributed by atoms with Crippen molar-refractivity contribution in [2.75, 3.05) is 51.3 Å². The second kappa shape index (κ2) is 8.02. The van der Waals surface area contributed by atoms with Gasteiger partial charge >= 0.3 is 0 Å². The number of anilines is 1. The van der Waals surface area contributed by atoms with E-state index < -0.39 is 0 Å². The number of benzene rings is 1. The first-order valence-corrected chi connectivity index (χ1v) is 10.5. The summed E-state index contributed by atoms with van der Waals surface area (Å²) in [6.45, 7) is 6.95. The Morgan fingerprint density at radius 3 is 2.07 bits per heavy atom. The van der Waals surface area contributed by atoms with E-state index in [9.17, 15) is 9.59 Å². The average Bonchev–Trinajstić information content (AvgIpc) is 3.54. The number of piperidine rings is 1. The summed E-state index contributed by atoms with van der Waals surface area (Å²) in [5.74, 6) is 1.78. The van der Waals surface area contributed by atoms with E-state index in [0.29, 0.717) is 19.0 Å². The predicted molar refractivity (Wildman–Crippen MR) is 108 cm³/mol. The van der Waals surface area contributed by atoms with Crippen LogP contribution in [0.3, 0.4) is 0 Å². The molecule has 2 saturated heterocycles. The molecule has 28 heavy (non-hydrogen) atoms. The molecule has 3 aliphatic rings. The molecule has 1 aromatic carbocycles. The van der Waals surface area contributed by atoms with Crippen molar-refractivity contribution in [1.82, 2.24) is 9.80 Å². The number of hydrogen-bond acceptors (Lipinski definition) is 4. The maximum atomic E-state index is 12.9. The van der Waals surface area contributed by atoms with E-state index in [1.807, 2.05) is 28.0 Å². The van der Waals surface area contributed by atoms with Gasteiger partial charge in [0.25, 0.3) is 0 Å². The number of likely N-dealkylation sites (tertiary alicyclic amines) is 1. The summed E-state index contributed by atoms with van der Waals surface area (Å²) >= 11 is 0. The first-order valence-electron chi connectivity index (χ1n) is 10.5. The highest BCUT2D eigenvalue weighted by atomic mass is 16.5. The molecule has 1 aromatic rings. The summed E-state index contributed by atoms with van der Waals surface area (Å²) in [6, 6.07) is 8.01. The lowest BCUT2D eigenvalue weighted by atomic mass is 9.99. The Balaban J connectivity index is 1.29. The minimum absolute atomic E-state index is 0.0758. The van der Waals surface area contributed by atoms with Crippen molar-refractivity contribution < 1.29 is 14.3 Å². The first-order chi connectivity index (χ1) is 13.6. The maximum absolute atomic E-state index is 12.9. The van der Waals surface area contributed by atoms with Crippen LogP contribution in [0.2, 0.25) is 0 Å². The van der Waals surface area contributed by atoms with E-state index in [0.717, 1.165) is 56.9 Å². The molecule has 1 saturated carbocycles. The summed E-state index contributed by atoms with van der Waals surface area (Å²) in [4.78, 5) is 31.8. The Kier molecular flexibility index (Phi) is 5.47. The molecule has 2 amide bonds. The van der Waals surface area contributed by atoms with Crippen LogP contribution in [-0.2, 0) is 9.59 Å². The van der Waals surface area contributed by atoms with Crippen LogP contribution < -0.4 is 9.64 Å². The summed E-state index contributed by atoms with van der Waals surface area (Å²) in [6.07, 6.45) is 2.90. The van der Waals surface area contributed by atoms with Crippen LogP contribution in [0.15, 0.2) is 24.3 Å². The summed E-state index contributed by atoms with van der Waals surface area (Å²) < 4.78 is 5.46. The lowest BCUT2D eigenvalue weighted by Crippen LogP contribution is -2.49. The van der Waals surface area contributed by atoms with Gasteiger partial charge < -0.3 is 19.4 Å². The Bertz CT molecular complexity index is 721. The van der Waals surface area contributed by atoms with Crippen molar-refractivity contribution in [3.63, 3.8) is 0 Å². The fourth-order valence-electron chi connectivity index (χ4n) is 4.50. The number of hydrogen-bond donors (Lipinski definition) is 0. The molecule has 3 fully saturated rings. The van der Waals surface area contributed by atoms with Crippen LogP contribution in [-0.4, -0.2) is 68.0 Å². The van der Waals surface area contributed by atoms with E-state index in [4.69, 9.17) is 4.74 Å². The number of carbonyl (C=O) groups is 2. The molecular weight excluding hydrogens is 354 g/mol. The molecule has 0 spiro atoms. The highest BCUT2D eigenvalue weighted by molar-refractivity contribution is 5.92.